The molecule has 0 saturated carbocycles. The molecule has 0 fully saturated rings. The lowest BCUT2D eigenvalue weighted by Crippen LogP contribution is -2.30. The number of benzene rings is 4. The summed E-state index contributed by atoms with van der Waals surface area (Å²) in [5.41, 5.74) is 15.8. The van der Waals surface area contributed by atoms with Crippen molar-refractivity contribution in [2.75, 3.05) is 16.4 Å². The van der Waals surface area contributed by atoms with Gasteiger partial charge in [-0.3, -0.25) is 9.97 Å². The third-order valence-corrected chi connectivity index (χ3v) is 10.3. The first-order valence-corrected chi connectivity index (χ1v) is 19.7. The van der Waals surface area contributed by atoms with Crippen molar-refractivity contribution in [3.8, 4) is 11.4 Å². The van der Waals surface area contributed by atoms with Crippen LogP contribution in [0.5, 0.6) is 0 Å². The Morgan fingerprint density at radius 2 is 0.951 bits per heavy atom. The van der Waals surface area contributed by atoms with E-state index in [9.17, 15) is 9.59 Å². The first-order chi connectivity index (χ1) is 29.9. The molecule has 0 bridgehead atoms. The van der Waals surface area contributed by atoms with Gasteiger partial charge in [-0.2, -0.15) is 0 Å². The summed E-state index contributed by atoms with van der Waals surface area (Å²) in [6.07, 6.45) is 10.6. The number of nitrogen functional groups attached to an aromatic ring is 1. The summed E-state index contributed by atoms with van der Waals surface area (Å²) in [4.78, 5) is 42.6. The Balaban J connectivity index is 0.000000171. The number of rotatable bonds is 7. The normalized spacial score (nSPS) is 12.5. The highest BCUT2D eigenvalue weighted by atomic mass is 16.2. The number of fused-ring (bicyclic) bond motifs is 2. The zero-order chi connectivity index (χ0) is 41.5. The number of pyridine rings is 2. The number of nitrogens with two attached hydrogens (primary N) is 1. The molecule has 8 aromatic rings. The summed E-state index contributed by atoms with van der Waals surface area (Å²) in [6, 6.07) is 42.9. The summed E-state index contributed by atoms with van der Waals surface area (Å²) in [7, 11) is 0. The molecule has 61 heavy (non-hydrogen) atoms. The maximum atomic E-state index is 13.3. The highest BCUT2D eigenvalue weighted by Crippen LogP contribution is 2.30. The lowest BCUT2D eigenvalue weighted by Gasteiger charge is -2.16. The Labute approximate surface area is 351 Å². The molecule has 0 saturated heterocycles. The van der Waals surface area contributed by atoms with Gasteiger partial charge in [0.15, 0.2) is 11.6 Å². The van der Waals surface area contributed by atoms with E-state index in [1.54, 1.807) is 44.0 Å². The molecule has 0 spiro atoms. The molecule has 4 N–H and O–H groups in total. The number of carbonyl (C=O) groups excluding carboxylic acids is 2. The van der Waals surface area contributed by atoms with Gasteiger partial charge in [-0.05, 0) is 58.7 Å². The number of carbonyl (C=O) groups is 2. The van der Waals surface area contributed by atoms with Crippen molar-refractivity contribution in [2.24, 2.45) is 4.99 Å². The number of nitrogens with zero attached hydrogens (tertiary/aromatic N) is 9. The molecule has 4 aromatic heterocycles. The minimum atomic E-state index is -0.207. The summed E-state index contributed by atoms with van der Waals surface area (Å²) in [5, 5.41) is 14.9. The molecule has 6 heterocycles. The fourth-order valence-corrected chi connectivity index (χ4v) is 7.15. The highest BCUT2D eigenvalue weighted by Gasteiger charge is 2.26. The molecule has 4 amide bonds. The summed E-state index contributed by atoms with van der Waals surface area (Å²) < 4.78 is 3.39. The van der Waals surface area contributed by atoms with Crippen molar-refractivity contribution in [3.63, 3.8) is 0 Å². The van der Waals surface area contributed by atoms with Crippen molar-refractivity contribution in [2.45, 2.75) is 26.2 Å². The SMILES string of the molecule is Nc1nn(-c2ccccc2)cc1NC(=O)N1Cc2ccncc2C1.O=C(Nc1cn(-c2ccccc2)nc1N=C(c1ccccc1)c1ccccc1)N1Cc2ccncc2C1. The number of aromatic nitrogens is 6. The average molecular weight is 805 g/mol. The van der Waals surface area contributed by atoms with Gasteiger partial charge in [-0.1, -0.05) is 97.1 Å². The van der Waals surface area contributed by atoms with E-state index in [4.69, 9.17) is 15.8 Å². The Morgan fingerprint density at radius 3 is 1.44 bits per heavy atom. The van der Waals surface area contributed by atoms with E-state index in [1.807, 2.05) is 146 Å². The van der Waals surface area contributed by atoms with Crippen LogP contribution in [0.3, 0.4) is 0 Å². The van der Waals surface area contributed by atoms with E-state index in [0.29, 0.717) is 43.4 Å². The zero-order valence-corrected chi connectivity index (χ0v) is 32.9. The van der Waals surface area contributed by atoms with Crippen molar-refractivity contribution < 1.29 is 9.59 Å². The molecule has 0 aliphatic carbocycles. The Morgan fingerprint density at radius 1 is 0.525 bits per heavy atom. The number of hydrogen-bond acceptors (Lipinski definition) is 8. The standard InChI is InChI=1S/C30H24N6O.C17H16N6O/c37-30(35-19-24-16-17-31-18-25(24)20-35)32-27-21-36(26-14-8-3-9-15-26)34-29(27)33-28(22-10-4-1-5-11-22)23-12-6-2-7-13-23;18-16-15(11-23(21-16)14-4-2-1-3-5-14)20-17(24)22-9-12-6-7-19-8-13(12)10-22/h1-18,21H,19-20H2,(H,32,37);1-8,11H,9-10H2,(H2,18,21)(H,20,24). The van der Waals surface area contributed by atoms with Crippen LogP contribution in [0.4, 0.5) is 32.6 Å². The quantitative estimate of drug-likeness (QED) is 0.136. The number of hydrogen-bond donors (Lipinski definition) is 3. The van der Waals surface area contributed by atoms with E-state index in [2.05, 4.69) is 25.7 Å². The van der Waals surface area contributed by atoms with Crippen LogP contribution in [-0.4, -0.2) is 57.1 Å². The molecule has 2 aliphatic rings. The molecular formula is C47H40N12O2. The van der Waals surface area contributed by atoms with Crippen LogP contribution in [0, 0.1) is 0 Å². The zero-order valence-electron chi connectivity index (χ0n) is 32.9. The molecule has 14 heteroatoms. The van der Waals surface area contributed by atoms with Crippen molar-refractivity contribution in [1.82, 2.24) is 39.3 Å². The van der Waals surface area contributed by atoms with Crippen LogP contribution in [0.1, 0.15) is 33.4 Å². The maximum absolute atomic E-state index is 13.3. The number of anilines is 3. The van der Waals surface area contributed by atoms with Crippen molar-refractivity contribution >= 4 is 40.8 Å². The minimum Gasteiger partial charge on any atom is -0.380 e. The van der Waals surface area contributed by atoms with Crippen molar-refractivity contribution in [3.05, 3.63) is 204 Å². The van der Waals surface area contributed by atoms with Gasteiger partial charge < -0.3 is 26.2 Å². The molecule has 0 unspecified atom stereocenters. The molecule has 14 nitrogen and oxygen atoms in total. The second-order valence-electron chi connectivity index (χ2n) is 14.4. The van der Waals surface area contributed by atoms with Gasteiger partial charge >= 0.3 is 12.1 Å². The third-order valence-electron chi connectivity index (χ3n) is 10.3. The van der Waals surface area contributed by atoms with Crippen LogP contribution in [-0.2, 0) is 26.2 Å². The van der Waals surface area contributed by atoms with Crippen LogP contribution in [0.25, 0.3) is 11.4 Å². The first kappa shape index (κ1) is 38.1. The van der Waals surface area contributed by atoms with E-state index in [1.165, 1.54) is 0 Å². The van der Waals surface area contributed by atoms with Gasteiger partial charge in [-0.15, -0.1) is 10.2 Å². The lowest BCUT2D eigenvalue weighted by molar-refractivity contribution is 0.212. The number of urea groups is 2. The average Bonchev–Trinajstić information content (AvgIpc) is 4.12. The number of para-hydroxylation sites is 2. The first-order valence-electron chi connectivity index (χ1n) is 19.7. The summed E-state index contributed by atoms with van der Waals surface area (Å²) in [6.45, 7) is 2.16. The van der Waals surface area contributed by atoms with Crippen LogP contribution in [0.2, 0.25) is 0 Å². The van der Waals surface area contributed by atoms with Crippen molar-refractivity contribution in [1.29, 1.82) is 0 Å². The largest absolute Gasteiger partial charge is 0.380 e. The van der Waals surface area contributed by atoms with Gasteiger partial charge in [0.2, 0.25) is 0 Å². The lowest BCUT2D eigenvalue weighted by atomic mass is 10.0. The number of nitrogens with one attached hydrogen (secondary N) is 2. The third kappa shape index (κ3) is 8.59. The smallest absolute Gasteiger partial charge is 0.322 e. The highest BCUT2D eigenvalue weighted by molar-refractivity contribution is 6.14. The molecular weight excluding hydrogens is 765 g/mol. The van der Waals surface area contributed by atoms with Crippen LogP contribution >= 0.6 is 0 Å². The van der Waals surface area contributed by atoms with E-state index < -0.39 is 0 Å². The number of amides is 4. The summed E-state index contributed by atoms with van der Waals surface area (Å²) in [5.74, 6) is 0.712. The van der Waals surface area contributed by atoms with Gasteiger partial charge in [0, 0.05) is 62.1 Å². The maximum Gasteiger partial charge on any atom is 0.322 e. The van der Waals surface area contributed by atoms with E-state index in [0.717, 1.165) is 50.5 Å². The fraction of sp³-hybridized carbons (Fsp3) is 0.0851. The molecule has 300 valence electrons. The Kier molecular flexibility index (Phi) is 10.8. The molecule has 0 atom stereocenters. The van der Waals surface area contributed by atoms with E-state index in [-0.39, 0.29) is 17.9 Å². The molecule has 0 radical (unpaired) electrons. The van der Waals surface area contributed by atoms with Crippen LogP contribution in [0.15, 0.2) is 176 Å². The Hall–Kier alpha value is -8.39. The fourth-order valence-electron chi connectivity index (χ4n) is 7.15. The van der Waals surface area contributed by atoms with Gasteiger partial charge in [0.05, 0.1) is 29.5 Å². The van der Waals surface area contributed by atoms with Gasteiger partial charge in [0.25, 0.3) is 0 Å². The predicted octanol–water partition coefficient (Wildman–Crippen LogP) is 8.38. The second-order valence-corrected chi connectivity index (χ2v) is 14.4. The second kappa shape index (κ2) is 17.2. The monoisotopic (exact) mass is 804 g/mol. The topological polar surface area (TPSA) is 164 Å². The van der Waals surface area contributed by atoms with Crippen LogP contribution < -0.4 is 16.4 Å². The molecule has 2 aliphatic heterocycles. The van der Waals surface area contributed by atoms with E-state index >= 15 is 0 Å². The van der Waals surface area contributed by atoms with Gasteiger partial charge in [0.1, 0.15) is 11.4 Å². The van der Waals surface area contributed by atoms with Gasteiger partial charge in [-0.25, -0.2) is 23.9 Å². The minimum absolute atomic E-state index is 0.203. The molecule has 10 rings (SSSR count). The predicted molar refractivity (Wildman–Crippen MR) is 235 cm³/mol. The molecule has 4 aromatic carbocycles. The number of aliphatic imine (C=N–C) groups is 1. The Bertz CT molecular complexity index is 2730. The summed E-state index contributed by atoms with van der Waals surface area (Å²) >= 11 is 0.